The predicted molar refractivity (Wildman–Crippen MR) is 133 cm³/mol. The summed E-state index contributed by atoms with van der Waals surface area (Å²) in [5, 5.41) is 5.29. The number of fused-ring (bicyclic) bond motifs is 2. The van der Waals surface area contributed by atoms with E-state index < -0.39 is 0 Å². The van der Waals surface area contributed by atoms with Gasteiger partial charge in [-0.2, -0.15) is 0 Å². The summed E-state index contributed by atoms with van der Waals surface area (Å²) in [4.78, 5) is 17.6. The van der Waals surface area contributed by atoms with Crippen LogP contribution >= 0.6 is 0 Å². The molecule has 5 nitrogen and oxygen atoms in total. The Kier molecular flexibility index (Phi) is 5.53. The number of ether oxygens (including phenoxy) is 1. The lowest BCUT2D eigenvalue weighted by Gasteiger charge is -2.12. The Morgan fingerprint density at radius 2 is 1.67 bits per heavy atom. The highest BCUT2D eigenvalue weighted by Gasteiger charge is 2.15. The van der Waals surface area contributed by atoms with Crippen LogP contribution in [0.2, 0.25) is 0 Å². The molecule has 0 radical (unpaired) electrons. The summed E-state index contributed by atoms with van der Waals surface area (Å²) in [5.74, 6) is 1.37. The van der Waals surface area contributed by atoms with Gasteiger partial charge < -0.3 is 14.6 Å². The van der Waals surface area contributed by atoms with Gasteiger partial charge in [0.25, 0.3) is 0 Å². The molecule has 0 fully saturated rings. The smallest absolute Gasteiger partial charge is 0.244 e. The molecule has 0 unspecified atom stereocenters. The molecule has 0 atom stereocenters. The Morgan fingerprint density at radius 3 is 2.52 bits per heavy atom. The number of carbonyl (C=O) groups excluding carboxylic acids is 1. The Morgan fingerprint density at radius 1 is 0.879 bits per heavy atom. The number of hydrogen-bond acceptors (Lipinski definition) is 3. The third kappa shape index (κ3) is 4.44. The highest BCUT2D eigenvalue weighted by molar-refractivity contribution is 5.92. The number of aryl methyl sites for hydroxylation is 2. The van der Waals surface area contributed by atoms with Crippen LogP contribution in [0.25, 0.3) is 21.8 Å². The van der Waals surface area contributed by atoms with Crippen molar-refractivity contribution in [2.75, 3.05) is 5.32 Å². The van der Waals surface area contributed by atoms with Gasteiger partial charge in [-0.1, -0.05) is 48.5 Å². The molecule has 0 bridgehead atoms. The highest BCUT2D eigenvalue weighted by Crippen LogP contribution is 2.23. The molecule has 0 spiro atoms. The molecule has 1 heterocycles. The zero-order chi connectivity index (χ0) is 22.8. The lowest BCUT2D eigenvalue weighted by Crippen LogP contribution is -2.20. The van der Waals surface area contributed by atoms with Crippen molar-refractivity contribution >= 4 is 33.4 Å². The molecule has 0 aliphatic carbocycles. The minimum absolute atomic E-state index is 0.103. The van der Waals surface area contributed by atoms with Gasteiger partial charge in [-0.05, 0) is 72.1 Å². The van der Waals surface area contributed by atoms with Crippen molar-refractivity contribution in [1.82, 2.24) is 9.55 Å². The van der Waals surface area contributed by atoms with Crippen LogP contribution in [0.5, 0.6) is 5.75 Å². The number of rotatable bonds is 6. The summed E-state index contributed by atoms with van der Waals surface area (Å²) < 4.78 is 8.01. The van der Waals surface area contributed by atoms with Crippen LogP contribution in [0.3, 0.4) is 0 Å². The largest absolute Gasteiger partial charge is 0.486 e. The van der Waals surface area contributed by atoms with Gasteiger partial charge in [-0.3, -0.25) is 4.79 Å². The molecule has 4 aromatic carbocycles. The third-order valence-corrected chi connectivity index (χ3v) is 5.91. The van der Waals surface area contributed by atoms with E-state index in [2.05, 4.69) is 24.4 Å². The molecule has 1 amide bonds. The topological polar surface area (TPSA) is 56.2 Å². The minimum Gasteiger partial charge on any atom is -0.486 e. The van der Waals surface area contributed by atoms with Crippen LogP contribution in [0, 0.1) is 13.8 Å². The molecule has 0 saturated carbocycles. The van der Waals surface area contributed by atoms with E-state index in [-0.39, 0.29) is 19.1 Å². The first-order valence-corrected chi connectivity index (χ1v) is 11.0. The van der Waals surface area contributed by atoms with Crippen molar-refractivity contribution in [3.63, 3.8) is 0 Å². The van der Waals surface area contributed by atoms with E-state index in [4.69, 9.17) is 9.72 Å². The molecular formula is C28H25N3O2. The van der Waals surface area contributed by atoms with Gasteiger partial charge in [0.15, 0.2) is 0 Å². The first-order chi connectivity index (χ1) is 16.1. The summed E-state index contributed by atoms with van der Waals surface area (Å²) in [7, 11) is 0. The van der Waals surface area contributed by atoms with Crippen LogP contribution in [0.4, 0.5) is 5.69 Å². The fourth-order valence-electron chi connectivity index (χ4n) is 3.98. The van der Waals surface area contributed by atoms with E-state index in [0.29, 0.717) is 5.82 Å². The number of benzene rings is 4. The number of nitrogens with zero attached hydrogens (tertiary/aromatic N) is 2. The Hall–Kier alpha value is -4.12. The lowest BCUT2D eigenvalue weighted by molar-refractivity contribution is -0.116. The van der Waals surface area contributed by atoms with Crippen molar-refractivity contribution < 1.29 is 9.53 Å². The van der Waals surface area contributed by atoms with E-state index >= 15 is 0 Å². The van der Waals surface area contributed by atoms with Crippen LogP contribution < -0.4 is 10.1 Å². The summed E-state index contributed by atoms with van der Waals surface area (Å²) >= 11 is 0. The molecule has 5 heteroatoms. The van der Waals surface area contributed by atoms with Crippen LogP contribution in [0.15, 0.2) is 84.9 Å². The van der Waals surface area contributed by atoms with Gasteiger partial charge in [0.05, 0.1) is 11.0 Å². The Labute approximate surface area is 192 Å². The van der Waals surface area contributed by atoms with Crippen LogP contribution in [-0.2, 0) is 17.9 Å². The molecule has 164 valence electrons. The number of carbonyl (C=O) groups is 1. The number of anilines is 1. The van der Waals surface area contributed by atoms with E-state index in [1.165, 1.54) is 10.9 Å². The maximum Gasteiger partial charge on any atom is 0.244 e. The fraction of sp³-hybridized carbons (Fsp3) is 0.143. The molecule has 1 aromatic heterocycles. The molecular weight excluding hydrogens is 410 g/mol. The SMILES string of the molecule is Cc1ccc(NC(=O)Cn2c(COc3ccc4ccccc4c3)nc3ccccc32)cc1C. The molecule has 0 aliphatic heterocycles. The number of imidazole rings is 1. The zero-order valence-corrected chi connectivity index (χ0v) is 18.7. The number of hydrogen-bond donors (Lipinski definition) is 1. The first kappa shape index (κ1) is 20.8. The second kappa shape index (κ2) is 8.79. The fourth-order valence-corrected chi connectivity index (χ4v) is 3.98. The van der Waals surface area contributed by atoms with Gasteiger partial charge in [-0.25, -0.2) is 4.98 Å². The van der Waals surface area contributed by atoms with E-state index in [1.54, 1.807) is 0 Å². The normalized spacial score (nSPS) is 11.1. The number of aromatic nitrogens is 2. The molecule has 5 aromatic rings. The van der Waals surface area contributed by atoms with Gasteiger partial charge >= 0.3 is 0 Å². The summed E-state index contributed by atoms with van der Waals surface area (Å²) in [6.45, 7) is 4.52. The molecule has 0 aliphatic rings. The number of nitrogens with one attached hydrogen (secondary N) is 1. The minimum atomic E-state index is -0.103. The standard InChI is InChI=1S/C28H25N3O2/c1-19-11-13-23(15-20(19)2)29-28(32)17-31-26-10-6-5-9-25(26)30-27(31)18-33-24-14-12-21-7-3-4-8-22(21)16-24/h3-16H,17-18H2,1-2H3,(H,29,32). The first-order valence-electron chi connectivity index (χ1n) is 11.0. The average Bonchev–Trinajstić information content (AvgIpc) is 3.17. The van der Waals surface area contributed by atoms with Gasteiger partial charge in [0, 0.05) is 5.69 Å². The summed E-state index contributed by atoms with van der Waals surface area (Å²) in [6.07, 6.45) is 0. The maximum absolute atomic E-state index is 12.9. The van der Waals surface area contributed by atoms with Crippen molar-refractivity contribution in [3.05, 3.63) is 102 Å². The predicted octanol–water partition coefficient (Wildman–Crippen LogP) is 6.02. The van der Waals surface area contributed by atoms with Crippen molar-refractivity contribution in [1.29, 1.82) is 0 Å². The number of amides is 1. The van der Waals surface area contributed by atoms with E-state index in [1.807, 2.05) is 84.3 Å². The monoisotopic (exact) mass is 435 g/mol. The van der Waals surface area contributed by atoms with Crippen molar-refractivity contribution in [2.45, 2.75) is 27.0 Å². The van der Waals surface area contributed by atoms with Gasteiger partial charge in [0.1, 0.15) is 24.7 Å². The molecule has 0 saturated heterocycles. The lowest BCUT2D eigenvalue weighted by atomic mass is 10.1. The summed E-state index contributed by atoms with van der Waals surface area (Å²) in [5.41, 5.74) is 4.88. The molecule has 33 heavy (non-hydrogen) atoms. The highest BCUT2D eigenvalue weighted by atomic mass is 16.5. The van der Waals surface area contributed by atoms with E-state index in [0.717, 1.165) is 33.4 Å². The Balaban J connectivity index is 1.38. The molecule has 1 N–H and O–H groups in total. The van der Waals surface area contributed by atoms with E-state index in [9.17, 15) is 4.79 Å². The van der Waals surface area contributed by atoms with Crippen molar-refractivity contribution in [2.24, 2.45) is 0 Å². The van der Waals surface area contributed by atoms with Crippen LogP contribution in [-0.4, -0.2) is 15.5 Å². The Bertz CT molecular complexity index is 1470. The zero-order valence-electron chi connectivity index (χ0n) is 18.7. The number of para-hydroxylation sites is 2. The second-order valence-electron chi connectivity index (χ2n) is 8.25. The molecule has 5 rings (SSSR count). The third-order valence-electron chi connectivity index (χ3n) is 5.91. The second-order valence-corrected chi connectivity index (χ2v) is 8.25. The van der Waals surface area contributed by atoms with Gasteiger partial charge in [0.2, 0.25) is 5.91 Å². The summed E-state index contributed by atoms with van der Waals surface area (Å²) in [6, 6.07) is 28.0. The van der Waals surface area contributed by atoms with Crippen LogP contribution in [0.1, 0.15) is 17.0 Å². The maximum atomic E-state index is 12.9. The van der Waals surface area contributed by atoms with Gasteiger partial charge in [-0.15, -0.1) is 0 Å². The average molecular weight is 436 g/mol. The quantitative estimate of drug-likeness (QED) is 0.355. The van der Waals surface area contributed by atoms with Crippen molar-refractivity contribution in [3.8, 4) is 5.75 Å².